The molecule has 0 aromatic heterocycles. The van der Waals surface area contributed by atoms with Crippen LogP contribution in [-0.2, 0) is 14.8 Å². The molecule has 0 atom stereocenters. The maximum atomic E-state index is 12.8. The fraction of sp³-hybridized carbons (Fsp3) is 0.556. The van der Waals surface area contributed by atoms with E-state index in [0.717, 1.165) is 6.54 Å². The standard InChI is InChI=1S/C18H27N3O4S/c1-14(22)15-4-6-17(7-5-15)26(24,25)21-11-8-16(9-12-21)18(23)20(3)13-10-19-2/h4-7,16,19H,8-13H2,1-3H3. The van der Waals surface area contributed by atoms with Gasteiger partial charge in [0.2, 0.25) is 15.9 Å². The summed E-state index contributed by atoms with van der Waals surface area (Å²) in [5.74, 6) is -0.165. The Kier molecular flexibility index (Phi) is 6.91. The summed E-state index contributed by atoms with van der Waals surface area (Å²) in [6.45, 7) is 3.46. The van der Waals surface area contributed by atoms with Crippen molar-refractivity contribution in [3.63, 3.8) is 0 Å². The summed E-state index contributed by atoms with van der Waals surface area (Å²) < 4.78 is 26.9. The molecule has 0 saturated carbocycles. The number of piperidine rings is 1. The van der Waals surface area contributed by atoms with Gasteiger partial charge in [-0.3, -0.25) is 9.59 Å². The number of nitrogens with zero attached hydrogens (tertiary/aromatic N) is 2. The second kappa shape index (κ2) is 8.75. The van der Waals surface area contributed by atoms with Crippen molar-refractivity contribution in [1.29, 1.82) is 0 Å². The molecular formula is C18H27N3O4S. The van der Waals surface area contributed by atoms with Crippen LogP contribution in [0.5, 0.6) is 0 Å². The van der Waals surface area contributed by atoms with E-state index in [9.17, 15) is 18.0 Å². The summed E-state index contributed by atoms with van der Waals surface area (Å²) >= 11 is 0. The van der Waals surface area contributed by atoms with Crippen molar-refractivity contribution < 1.29 is 18.0 Å². The molecule has 0 spiro atoms. The SMILES string of the molecule is CNCCN(C)C(=O)C1CCN(S(=O)(=O)c2ccc(C(C)=O)cc2)CC1. The number of ketones is 1. The predicted octanol–water partition coefficient (Wildman–Crippen LogP) is 0.968. The zero-order valence-electron chi connectivity index (χ0n) is 15.6. The number of hydrogen-bond acceptors (Lipinski definition) is 5. The molecule has 1 amide bonds. The van der Waals surface area contributed by atoms with Crippen molar-refractivity contribution in [3.05, 3.63) is 29.8 Å². The number of rotatable bonds is 7. The van der Waals surface area contributed by atoms with Gasteiger partial charge in [-0.1, -0.05) is 12.1 Å². The van der Waals surface area contributed by atoms with Crippen molar-refractivity contribution in [3.8, 4) is 0 Å². The number of carbonyl (C=O) groups excluding carboxylic acids is 2. The summed E-state index contributed by atoms with van der Waals surface area (Å²) in [5, 5.41) is 3.01. The summed E-state index contributed by atoms with van der Waals surface area (Å²) in [6.07, 6.45) is 1.04. The van der Waals surface area contributed by atoms with Crippen LogP contribution in [0.2, 0.25) is 0 Å². The minimum Gasteiger partial charge on any atom is -0.344 e. The molecule has 1 heterocycles. The van der Waals surface area contributed by atoms with Crippen LogP contribution in [0.25, 0.3) is 0 Å². The van der Waals surface area contributed by atoms with E-state index in [-0.39, 0.29) is 22.5 Å². The minimum atomic E-state index is -3.60. The van der Waals surface area contributed by atoms with Gasteiger partial charge >= 0.3 is 0 Å². The Labute approximate surface area is 155 Å². The highest BCUT2D eigenvalue weighted by molar-refractivity contribution is 7.89. The Morgan fingerprint density at radius 3 is 2.27 bits per heavy atom. The maximum Gasteiger partial charge on any atom is 0.243 e. The lowest BCUT2D eigenvalue weighted by Crippen LogP contribution is -2.44. The molecule has 1 aliphatic heterocycles. The van der Waals surface area contributed by atoms with E-state index in [2.05, 4.69) is 5.32 Å². The van der Waals surface area contributed by atoms with E-state index in [0.29, 0.717) is 38.0 Å². The van der Waals surface area contributed by atoms with Crippen LogP contribution in [0.1, 0.15) is 30.1 Å². The van der Waals surface area contributed by atoms with Crippen LogP contribution in [0.3, 0.4) is 0 Å². The second-order valence-corrected chi connectivity index (χ2v) is 8.56. The highest BCUT2D eigenvalue weighted by Gasteiger charge is 2.33. The molecule has 0 radical (unpaired) electrons. The van der Waals surface area contributed by atoms with E-state index in [1.165, 1.54) is 35.5 Å². The molecule has 7 nitrogen and oxygen atoms in total. The molecular weight excluding hydrogens is 354 g/mol. The Balaban J connectivity index is 1.99. The molecule has 1 saturated heterocycles. The van der Waals surface area contributed by atoms with Gasteiger partial charge in [0.25, 0.3) is 0 Å². The molecule has 1 N–H and O–H groups in total. The Bertz CT molecular complexity index is 738. The lowest BCUT2D eigenvalue weighted by molar-refractivity contribution is -0.135. The highest BCUT2D eigenvalue weighted by Crippen LogP contribution is 2.25. The van der Waals surface area contributed by atoms with Gasteiger partial charge in [0, 0.05) is 44.7 Å². The van der Waals surface area contributed by atoms with Gasteiger partial charge in [-0.2, -0.15) is 4.31 Å². The zero-order valence-corrected chi connectivity index (χ0v) is 16.4. The number of nitrogens with one attached hydrogen (secondary N) is 1. The van der Waals surface area contributed by atoms with E-state index in [4.69, 9.17) is 0 Å². The molecule has 2 rings (SSSR count). The Morgan fingerprint density at radius 2 is 1.77 bits per heavy atom. The molecule has 1 aromatic rings. The maximum absolute atomic E-state index is 12.8. The summed E-state index contributed by atoms with van der Waals surface area (Å²) in [5.41, 5.74) is 0.484. The summed E-state index contributed by atoms with van der Waals surface area (Å²) in [4.78, 5) is 25.6. The molecule has 26 heavy (non-hydrogen) atoms. The zero-order chi connectivity index (χ0) is 19.3. The normalized spacial score (nSPS) is 16.4. The summed E-state index contributed by atoms with van der Waals surface area (Å²) in [7, 11) is 0.0141. The van der Waals surface area contributed by atoms with E-state index < -0.39 is 10.0 Å². The van der Waals surface area contributed by atoms with Crippen LogP contribution in [-0.4, -0.2) is 69.6 Å². The first kappa shape index (κ1) is 20.5. The van der Waals surface area contributed by atoms with Gasteiger partial charge in [-0.25, -0.2) is 8.42 Å². The Hall–Kier alpha value is -1.77. The second-order valence-electron chi connectivity index (χ2n) is 6.62. The average molecular weight is 381 g/mol. The third kappa shape index (κ3) is 4.69. The molecule has 144 valence electrons. The molecule has 1 aromatic carbocycles. The number of sulfonamides is 1. The molecule has 0 bridgehead atoms. The number of Topliss-reactive ketones (excluding diaryl/α,β-unsaturated/α-hetero) is 1. The van der Waals surface area contributed by atoms with Crippen molar-refractivity contribution in [2.75, 3.05) is 40.3 Å². The van der Waals surface area contributed by atoms with Crippen LogP contribution in [0, 0.1) is 5.92 Å². The predicted molar refractivity (Wildman–Crippen MR) is 99.5 cm³/mol. The topological polar surface area (TPSA) is 86.8 Å². The third-order valence-corrected chi connectivity index (χ3v) is 6.69. The fourth-order valence-electron chi connectivity index (χ4n) is 3.06. The molecule has 0 aliphatic carbocycles. The lowest BCUT2D eigenvalue weighted by Gasteiger charge is -2.32. The number of hydrogen-bond donors (Lipinski definition) is 1. The number of carbonyl (C=O) groups is 2. The number of likely N-dealkylation sites (N-methyl/N-ethyl adjacent to an activating group) is 2. The Morgan fingerprint density at radius 1 is 1.19 bits per heavy atom. The fourth-order valence-corrected chi connectivity index (χ4v) is 4.52. The molecule has 1 fully saturated rings. The monoisotopic (exact) mass is 381 g/mol. The van der Waals surface area contributed by atoms with Crippen LogP contribution in [0.4, 0.5) is 0 Å². The largest absolute Gasteiger partial charge is 0.344 e. The number of amides is 1. The van der Waals surface area contributed by atoms with Crippen molar-refractivity contribution in [2.24, 2.45) is 5.92 Å². The van der Waals surface area contributed by atoms with Crippen molar-refractivity contribution in [2.45, 2.75) is 24.7 Å². The lowest BCUT2D eigenvalue weighted by atomic mass is 9.97. The van der Waals surface area contributed by atoms with Gasteiger partial charge in [-0.05, 0) is 38.9 Å². The van der Waals surface area contributed by atoms with Crippen LogP contribution < -0.4 is 5.32 Å². The third-order valence-electron chi connectivity index (χ3n) is 4.78. The smallest absolute Gasteiger partial charge is 0.243 e. The summed E-state index contributed by atoms with van der Waals surface area (Å²) in [6, 6.07) is 5.99. The van der Waals surface area contributed by atoms with Crippen LogP contribution >= 0.6 is 0 Å². The van der Waals surface area contributed by atoms with Gasteiger partial charge in [0.1, 0.15) is 0 Å². The van der Waals surface area contributed by atoms with Gasteiger partial charge in [-0.15, -0.1) is 0 Å². The van der Waals surface area contributed by atoms with Crippen molar-refractivity contribution in [1.82, 2.24) is 14.5 Å². The average Bonchev–Trinajstić information content (AvgIpc) is 2.65. The first-order chi connectivity index (χ1) is 12.3. The minimum absolute atomic E-state index is 0.0723. The van der Waals surface area contributed by atoms with Crippen molar-refractivity contribution >= 4 is 21.7 Å². The van der Waals surface area contributed by atoms with Gasteiger partial charge in [0.15, 0.2) is 5.78 Å². The number of benzene rings is 1. The van der Waals surface area contributed by atoms with Gasteiger partial charge in [0.05, 0.1) is 4.90 Å². The van der Waals surface area contributed by atoms with E-state index in [1.807, 2.05) is 7.05 Å². The van der Waals surface area contributed by atoms with Gasteiger partial charge < -0.3 is 10.2 Å². The first-order valence-corrected chi connectivity index (χ1v) is 10.2. The van der Waals surface area contributed by atoms with E-state index in [1.54, 1.807) is 11.9 Å². The highest BCUT2D eigenvalue weighted by atomic mass is 32.2. The quantitative estimate of drug-likeness (QED) is 0.711. The first-order valence-electron chi connectivity index (χ1n) is 8.78. The van der Waals surface area contributed by atoms with Crippen LogP contribution in [0.15, 0.2) is 29.2 Å². The van der Waals surface area contributed by atoms with E-state index >= 15 is 0 Å². The molecule has 1 aliphatic rings. The molecule has 0 unspecified atom stereocenters. The molecule has 8 heteroatoms.